The predicted molar refractivity (Wildman–Crippen MR) is 219 cm³/mol. The maximum atomic E-state index is 12.6. The van der Waals surface area contributed by atoms with Gasteiger partial charge in [0.15, 0.2) is 0 Å². The number of fused-ring (bicyclic) bond motifs is 1. The van der Waals surface area contributed by atoms with Crippen molar-refractivity contribution in [2.75, 3.05) is 40.1 Å². The van der Waals surface area contributed by atoms with E-state index in [2.05, 4.69) is 32.1 Å². The monoisotopic (exact) mass is 835 g/mol. The molecule has 2 aliphatic carbocycles. The molecule has 2 aromatic heterocycles. The maximum absolute atomic E-state index is 12.6. The van der Waals surface area contributed by atoms with Gasteiger partial charge in [0.05, 0.1) is 37.1 Å². The number of sulfonamides is 1. The third kappa shape index (κ3) is 9.55. The zero-order valence-corrected chi connectivity index (χ0v) is 34.6. The fraction of sp³-hybridized carbons (Fsp3) is 0.429. The van der Waals surface area contributed by atoms with Gasteiger partial charge in [-0.25, -0.2) is 13.4 Å². The van der Waals surface area contributed by atoms with Crippen LogP contribution >= 0.6 is 23.2 Å². The van der Waals surface area contributed by atoms with Gasteiger partial charge in [-0.1, -0.05) is 65.7 Å². The number of ether oxygens (including phenoxy) is 3. The maximum Gasteiger partial charge on any atom is 0.237 e. The summed E-state index contributed by atoms with van der Waals surface area (Å²) in [7, 11) is -0.486. The number of halogens is 2. The summed E-state index contributed by atoms with van der Waals surface area (Å²) in [5.41, 5.74) is 7.23. The van der Waals surface area contributed by atoms with Crippen molar-refractivity contribution in [1.29, 1.82) is 0 Å². The Labute approximate surface area is 343 Å². The van der Waals surface area contributed by atoms with Gasteiger partial charge in [0.2, 0.25) is 33.6 Å². The number of ketones is 1. The molecule has 0 unspecified atom stereocenters. The Morgan fingerprint density at radius 3 is 2.42 bits per heavy atom. The molecule has 12 nitrogen and oxygen atoms in total. The fourth-order valence-corrected chi connectivity index (χ4v) is 9.33. The summed E-state index contributed by atoms with van der Waals surface area (Å²) in [6.07, 6.45) is 5.75. The summed E-state index contributed by atoms with van der Waals surface area (Å²) in [5, 5.41) is 4.39. The Balaban J connectivity index is 1.06. The third-order valence-corrected chi connectivity index (χ3v) is 12.2. The molecule has 3 aliphatic rings. The molecule has 1 saturated heterocycles. The Morgan fingerprint density at radius 1 is 0.912 bits per heavy atom. The number of likely N-dealkylation sites (tertiary alicyclic amines) is 1. The van der Waals surface area contributed by atoms with Crippen LogP contribution in [0.25, 0.3) is 22.4 Å². The lowest BCUT2D eigenvalue weighted by Crippen LogP contribution is -2.44. The lowest BCUT2D eigenvalue weighted by atomic mass is 9.94. The van der Waals surface area contributed by atoms with Gasteiger partial charge >= 0.3 is 0 Å². The first-order valence-electron chi connectivity index (χ1n) is 19.2. The molecule has 0 radical (unpaired) electrons. The van der Waals surface area contributed by atoms with Crippen molar-refractivity contribution in [1.82, 2.24) is 24.9 Å². The molecule has 302 valence electrons. The van der Waals surface area contributed by atoms with Crippen LogP contribution in [0.5, 0.6) is 17.6 Å². The highest BCUT2D eigenvalue weighted by Gasteiger charge is 2.31. The Kier molecular flexibility index (Phi) is 12.7. The van der Waals surface area contributed by atoms with E-state index in [-0.39, 0.29) is 12.0 Å². The van der Waals surface area contributed by atoms with Gasteiger partial charge in [0.1, 0.15) is 16.9 Å². The van der Waals surface area contributed by atoms with E-state index in [1.165, 1.54) is 7.11 Å². The molecule has 7 rings (SSSR count). The molecule has 15 heteroatoms. The van der Waals surface area contributed by atoms with E-state index < -0.39 is 21.8 Å². The second-order valence-electron chi connectivity index (χ2n) is 15.1. The minimum Gasteiger partial charge on any atom is -0.481 e. The summed E-state index contributed by atoms with van der Waals surface area (Å²) < 4.78 is 43.2. The van der Waals surface area contributed by atoms with Gasteiger partial charge in [0, 0.05) is 54.7 Å². The first-order valence-corrected chi connectivity index (χ1v) is 21.9. The highest BCUT2D eigenvalue weighted by Crippen LogP contribution is 2.45. The molecule has 3 atom stereocenters. The summed E-state index contributed by atoms with van der Waals surface area (Å²) in [6, 6.07) is 17.9. The number of pyridine rings is 2. The SMILES string of the molecule is COc1nc(-c2cccc(-c3cccc4c3CC[C@@H]4Oc3nc(OC)c(CN4CCC[C@@H](C(=O)NS(C)(=O)=O)C4)cc3Cl)c2Cl)ccc1CNC[C@@H]1CCC(=O)C1. The van der Waals surface area contributed by atoms with Crippen molar-refractivity contribution in [3.63, 3.8) is 0 Å². The summed E-state index contributed by atoms with van der Waals surface area (Å²) >= 11 is 14.0. The zero-order chi connectivity index (χ0) is 40.3. The number of aromatic nitrogens is 2. The number of benzene rings is 2. The van der Waals surface area contributed by atoms with E-state index in [1.54, 1.807) is 13.2 Å². The van der Waals surface area contributed by atoms with Crippen molar-refractivity contribution in [3.05, 3.63) is 86.9 Å². The molecule has 2 N–H and O–H groups in total. The van der Waals surface area contributed by atoms with Gasteiger partial charge in [-0.3, -0.25) is 19.2 Å². The zero-order valence-electron chi connectivity index (χ0n) is 32.3. The Hall–Kier alpha value is -4.27. The molecule has 57 heavy (non-hydrogen) atoms. The Bertz CT molecular complexity index is 2270. The highest BCUT2D eigenvalue weighted by molar-refractivity contribution is 7.89. The molecule has 4 aromatic rings. The minimum absolute atomic E-state index is 0.261. The van der Waals surface area contributed by atoms with Crippen LogP contribution in [0, 0.1) is 11.8 Å². The first-order chi connectivity index (χ1) is 27.4. The van der Waals surface area contributed by atoms with Gasteiger partial charge < -0.3 is 19.5 Å². The smallest absolute Gasteiger partial charge is 0.237 e. The van der Waals surface area contributed by atoms with Crippen molar-refractivity contribution < 1.29 is 32.2 Å². The number of hydrogen-bond donors (Lipinski definition) is 2. The number of hydrogen-bond acceptors (Lipinski definition) is 11. The van der Waals surface area contributed by atoms with E-state index in [9.17, 15) is 18.0 Å². The third-order valence-electron chi connectivity index (χ3n) is 11.0. The molecule has 1 saturated carbocycles. The number of carbonyl (C=O) groups is 2. The van der Waals surface area contributed by atoms with E-state index in [1.807, 2.05) is 36.4 Å². The largest absolute Gasteiger partial charge is 0.481 e. The van der Waals surface area contributed by atoms with Gasteiger partial charge in [-0.2, -0.15) is 4.98 Å². The molecule has 0 spiro atoms. The van der Waals surface area contributed by atoms with Crippen molar-refractivity contribution in [2.24, 2.45) is 11.8 Å². The molecule has 0 bridgehead atoms. The van der Waals surface area contributed by atoms with Crippen molar-refractivity contribution >= 4 is 44.9 Å². The van der Waals surface area contributed by atoms with E-state index in [4.69, 9.17) is 42.4 Å². The van der Waals surface area contributed by atoms with Crippen LogP contribution in [0.4, 0.5) is 0 Å². The molecule has 1 amide bonds. The predicted octanol–water partition coefficient (Wildman–Crippen LogP) is 6.95. The van der Waals surface area contributed by atoms with Gasteiger partial charge in [-0.15, -0.1) is 0 Å². The number of Topliss-reactive ketones (excluding diaryl/α,β-unsaturated/α-hetero) is 1. The standard InChI is InChI=1S/C42H47Cl2N5O7S/c1-54-40-26(22-45-21-25-12-14-29(50)19-25)13-16-36(46-40)34-11-5-10-33(38(34)44)30-8-4-9-32-31(30)15-17-37(32)56-42-35(43)20-28(41(47-42)55-2)24-49-18-6-7-27(23-49)39(51)48-57(3,52)53/h4-5,8-11,13,16,20,25,27,37,45H,6-7,12,14-15,17-19,21-24H2,1-3H3,(H,48,51)/t25-,27-,37+/m1/s1. The van der Waals surface area contributed by atoms with Gasteiger partial charge in [-0.05, 0) is 79.9 Å². The van der Waals surface area contributed by atoms with Crippen LogP contribution in [-0.2, 0) is 39.1 Å². The average Bonchev–Trinajstić information content (AvgIpc) is 3.80. The molecular weight excluding hydrogens is 789 g/mol. The van der Waals surface area contributed by atoms with Crippen LogP contribution < -0.4 is 24.2 Å². The van der Waals surface area contributed by atoms with E-state index in [0.29, 0.717) is 84.5 Å². The first kappa shape index (κ1) is 40.9. The lowest BCUT2D eigenvalue weighted by Gasteiger charge is -2.32. The summed E-state index contributed by atoms with van der Waals surface area (Å²) in [5.74, 6) is 0.932. The van der Waals surface area contributed by atoms with Gasteiger partial charge in [0.25, 0.3) is 0 Å². The number of methoxy groups -OCH3 is 2. The van der Waals surface area contributed by atoms with Crippen LogP contribution in [0.1, 0.15) is 66.9 Å². The number of carbonyl (C=O) groups excluding carboxylic acids is 2. The molecule has 2 fully saturated rings. The second kappa shape index (κ2) is 17.7. The average molecular weight is 837 g/mol. The summed E-state index contributed by atoms with van der Waals surface area (Å²) in [4.78, 5) is 35.8. The van der Waals surface area contributed by atoms with E-state index in [0.717, 1.165) is 77.6 Å². The highest BCUT2D eigenvalue weighted by atomic mass is 35.5. The molecule has 3 heterocycles. The molecular formula is C42H47Cl2N5O7S. The van der Waals surface area contributed by atoms with E-state index >= 15 is 0 Å². The number of piperidine rings is 1. The number of amides is 1. The lowest BCUT2D eigenvalue weighted by molar-refractivity contribution is -0.125. The van der Waals surface area contributed by atoms with Crippen LogP contribution in [0.3, 0.4) is 0 Å². The quantitative estimate of drug-likeness (QED) is 0.136. The number of nitrogens with one attached hydrogen (secondary N) is 2. The summed E-state index contributed by atoms with van der Waals surface area (Å²) in [6.45, 7) is 2.92. The number of rotatable bonds is 14. The normalized spacial score (nSPS) is 19.7. The fourth-order valence-electron chi connectivity index (χ4n) is 8.26. The van der Waals surface area contributed by atoms with Crippen LogP contribution in [0.2, 0.25) is 10.0 Å². The van der Waals surface area contributed by atoms with Crippen LogP contribution in [0.15, 0.2) is 54.6 Å². The Morgan fingerprint density at radius 2 is 1.67 bits per heavy atom. The molecule has 2 aromatic carbocycles. The van der Waals surface area contributed by atoms with Crippen molar-refractivity contribution in [2.45, 2.75) is 64.1 Å². The number of nitrogens with zero attached hydrogens (tertiary/aromatic N) is 3. The van der Waals surface area contributed by atoms with Crippen LogP contribution in [-0.4, -0.2) is 75.1 Å². The molecule has 1 aliphatic heterocycles. The minimum atomic E-state index is -3.64. The van der Waals surface area contributed by atoms with Crippen molar-refractivity contribution in [3.8, 4) is 40.0 Å². The second-order valence-corrected chi connectivity index (χ2v) is 17.6. The topological polar surface area (TPSA) is 149 Å².